The predicted molar refractivity (Wildman–Crippen MR) is 23.6 cm³/mol. The molecular formula is Cu2O2S3. The summed E-state index contributed by atoms with van der Waals surface area (Å²) in [5.41, 5.74) is 0. The zero-order valence-electron chi connectivity index (χ0n) is 2.64. The summed E-state index contributed by atoms with van der Waals surface area (Å²) >= 11 is 7.23. The van der Waals surface area contributed by atoms with E-state index in [1.165, 1.54) is 0 Å². The summed E-state index contributed by atoms with van der Waals surface area (Å²) in [6.07, 6.45) is 0. The maximum Gasteiger partial charge on any atom is 1.00 e. The summed E-state index contributed by atoms with van der Waals surface area (Å²) in [4.78, 5) is 0. The standard InChI is InChI=1S/2Cu.H2O2S3/c;;1-5(2,3)4/h;;(H2,1,2,3,4)/q2*+1;/p-2. The molecule has 7 heavy (non-hydrogen) atoms. The first kappa shape index (κ1) is 15.9. The van der Waals surface area contributed by atoms with Gasteiger partial charge in [0.2, 0.25) is 0 Å². The van der Waals surface area contributed by atoms with Crippen LogP contribution in [0.2, 0.25) is 0 Å². The van der Waals surface area contributed by atoms with Crippen molar-refractivity contribution in [3.8, 4) is 0 Å². The van der Waals surface area contributed by atoms with Crippen LogP contribution in [0.15, 0.2) is 0 Å². The average molecular weight is 255 g/mol. The Bertz CT molecular complexity index is 94.1. The Kier molecular flexibility index (Phi) is 13.3. The van der Waals surface area contributed by atoms with Crippen LogP contribution in [-0.4, -0.2) is 9.11 Å². The van der Waals surface area contributed by atoms with Crippen LogP contribution in [0.25, 0.3) is 0 Å². The Hall–Kier alpha value is 1.75. The molecule has 0 aromatic rings. The number of hydrogen-bond acceptors (Lipinski definition) is 4. The fraction of sp³-hybridized carbons (Fsp3) is 0. The van der Waals surface area contributed by atoms with Crippen molar-refractivity contribution >= 4 is 30.1 Å². The third-order valence-electron chi connectivity index (χ3n) is 0. The Labute approximate surface area is 72.9 Å². The van der Waals surface area contributed by atoms with E-state index >= 15 is 0 Å². The molecule has 0 atom stereocenters. The molecule has 0 radical (unpaired) electrons. The minimum absolute atomic E-state index is 0. The second kappa shape index (κ2) is 5.88. The molecule has 0 saturated heterocycles. The largest absolute Gasteiger partial charge is 1.00 e. The van der Waals surface area contributed by atoms with Gasteiger partial charge in [-0.3, -0.25) is 0 Å². The van der Waals surface area contributed by atoms with Crippen LogP contribution in [0.4, 0.5) is 0 Å². The third kappa shape index (κ3) is 83.7. The summed E-state index contributed by atoms with van der Waals surface area (Å²) in [7, 11) is -3.50. The van der Waals surface area contributed by atoms with Gasteiger partial charge in [-0.15, -0.1) is 0 Å². The van der Waals surface area contributed by atoms with Crippen molar-refractivity contribution in [2.45, 2.75) is 0 Å². The van der Waals surface area contributed by atoms with Gasteiger partial charge >= 0.3 is 34.1 Å². The molecule has 0 aromatic heterocycles. The van der Waals surface area contributed by atoms with Gasteiger partial charge in [-0.25, -0.2) is 7.71 Å². The Morgan fingerprint density at radius 2 is 1.00 bits per heavy atom. The van der Waals surface area contributed by atoms with Gasteiger partial charge in [-0.05, 0) is 0 Å². The van der Waals surface area contributed by atoms with E-state index in [1.807, 2.05) is 0 Å². The van der Waals surface area contributed by atoms with Crippen LogP contribution >= 0.6 is 0 Å². The van der Waals surface area contributed by atoms with Crippen molar-refractivity contribution in [3.63, 3.8) is 0 Å². The van der Waals surface area contributed by atoms with Crippen molar-refractivity contribution in [3.05, 3.63) is 0 Å². The van der Waals surface area contributed by atoms with E-state index in [2.05, 4.69) is 22.4 Å². The van der Waals surface area contributed by atoms with E-state index in [9.17, 15) is 9.11 Å². The summed E-state index contributed by atoms with van der Waals surface area (Å²) in [6, 6.07) is 0. The average Bonchev–Trinajstić information content (AvgIpc) is 0.722. The monoisotopic (exact) mass is 254 g/mol. The maximum atomic E-state index is 9.26. The van der Waals surface area contributed by atoms with Crippen LogP contribution in [-0.2, 0) is 64.2 Å². The molecule has 0 amide bonds. The van der Waals surface area contributed by atoms with Crippen molar-refractivity contribution in [1.82, 2.24) is 0 Å². The second-order valence-electron chi connectivity index (χ2n) is 0.408. The number of hydrogen-bond donors (Lipinski definition) is 0. The first-order valence-corrected chi connectivity index (χ1v) is 4.00. The molecular weight excluding hydrogens is 255 g/mol. The van der Waals surface area contributed by atoms with Gasteiger partial charge in [0.1, 0.15) is 0 Å². The summed E-state index contributed by atoms with van der Waals surface area (Å²) < 4.78 is 18.5. The minimum Gasteiger partial charge on any atom is -0.801 e. The van der Waals surface area contributed by atoms with Gasteiger partial charge in [0.15, 0.2) is 0 Å². The molecule has 0 aromatic carbocycles. The number of rotatable bonds is 0. The van der Waals surface area contributed by atoms with Crippen LogP contribution in [0.3, 0.4) is 0 Å². The van der Waals surface area contributed by atoms with Crippen LogP contribution in [0.5, 0.6) is 0 Å². The molecule has 7 heteroatoms. The summed E-state index contributed by atoms with van der Waals surface area (Å²) in [5, 5.41) is 0. The Balaban J connectivity index is -0.0000000800. The molecule has 0 saturated carbocycles. The molecule has 0 aliphatic carbocycles. The zero-order chi connectivity index (χ0) is 4.50. The molecule has 0 aliphatic heterocycles. The molecule has 0 fully saturated rings. The van der Waals surface area contributed by atoms with Crippen LogP contribution < -0.4 is 0 Å². The first-order chi connectivity index (χ1) is 2.00. The van der Waals surface area contributed by atoms with Crippen molar-refractivity contribution in [2.24, 2.45) is 0 Å². The van der Waals surface area contributed by atoms with E-state index in [4.69, 9.17) is 0 Å². The fourth-order valence-corrected chi connectivity index (χ4v) is 0. The van der Waals surface area contributed by atoms with Gasteiger partial charge in [-0.2, -0.15) is 0 Å². The molecule has 0 spiro atoms. The van der Waals surface area contributed by atoms with Crippen molar-refractivity contribution < 1.29 is 43.2 Å². The zero-order valence-corrected chi connectivity index (χ0v) is 6.98. The maximum absolute atomic E-state index is 9.26. The van der Waals surface area contributed by atoms with E-state index in [0.717, 1.165) is 0 Å². The first-order valence-electron chi connectivity index (χ1n) is 0.667. The van der Waals surface area contributed by atoms with Gasteiger partial charge in [0.05, 0.1) is 0 Å². The molecule has 0 aliphatic rings. The smallest absolute Gasteiger partial charge is 0.801 e. The second-order valence-corrected chi connectivity index (χ2v) is 4.49. The molecule has 52 valence electrons. The molecule has 0 rings (SSSR count). The van der Waals surface area contributed by atoms with Crippen LogP contribution in [0, 0.1) is 0 Å². The van der Waals surface area contributed by atoms with E-state index in [0.29, 0.717) is 0 Å². The van der Waals surface area contributed by atoms with Crippen molar-refractivity contribution in [2.75, 3.05) is 0 Å². The third-order valence-corrected chi connectivity index (χ3v) is 0. The van der Waals surface area contributed by atoms with Gasteiger partial charge in [0, 0.05) is 0 Å². The normalized spacial score (nSPS) is 8.29. The van der Waals surface area contributed by atoms with Gasteiger partial charge in [-0.1, -0.05) is 22.4 Å². The Morgan fingerprint density at radius 1 is 1.00 bits per heavy atom. The summed E-state index contributed by atoms with van der Waals surface area (Å²) in [5.74, 6) is 0. The van der Waals surface area contributed by atoms with Crippen LogP contribution in [0.1, 0.15) is 0 Å². The SMILES string of the molecule is [Cu+].[Cu+].[O-]S([O-])(=S)=S. The topological polar surface area (TPSA) is 46.1 Å². The Morgan fingerprint density at radius 3 is 1.00 bits per heavy atom. The van der Waals surface area contributed by atoms with Gasteiger partial charge < -0.3 is 9.11 Å². The van der Waals surface area contributed by atoms with E-state index in [-0.39, 0.29) is 34.1 Å². The molecule has 0 unspecified atom stereocenters. The molecule has 0 N–H and O–H groups in total. The molecule has 2 nitrogen and oxygen atoms in total. The fourth-order valence-electron chi connectivity index (χ4n) is 0. The minimum atomic E-state index is -3.50. The molecule has 0 bridgehead atoms. The quantitative estimate of drug-likeness (QED) is 0.538. The van der Waals surface area contributed by atoms with E-state index < -0.39 is 7.71 Å². The summed E-state index contributed by atoms with van der Waals surface area (Å²) in [6.45, 7) is 0. The van der Waals surface area contributed by atoms with Gasteiger partial charge in [0.25, 0.3) is 0 Å². The molecule has 0 heterocycles. The van der Waals surface area contributed by atoms with E-state index in [1.54, 1.807) is 0 Å². The predicted octanol–water partition coefficient (Wildman–Crippen LogP) is -0.680. The van der Waals surface area contributed by atoms with Crippen molar-refractivity contribution in [1.29, 1.82) is 0 Å².